The first-order valence-corrected chi connectivity index (χ1v) is 7.14. The van der Waals surface area contributed by atoms with Gasteiger partial charge in [-0.3, -0.25) is 9.98 Å². The summed E-state index contributed by atoms with van der Waals surface area (Å²) in [5, 5.41) is 0. The molecule has 0 spiro atoms. The van der Waals surface area contributed by atoms with E-state index in [0.717, 1.165) is 22.6 Å². The molecule has 0 saturated heterocycles. The van der Waals surface area contributed by atoms with Crippen LogP contribution in [0.4, 0.5) is 11.4 Å². The van der Waals surface area contributed by atoms with Crippen molar-refractivity contribution >= 4 is 23.8 Å². The van der Waals surface area contributed by atoms with E-state index in [1.165, 1.54) is 5.56 Å². The van der Waals surface area contributed by atoms with Crippen LogP contribution in [-0.2, 0) is 5.41 Å². The number of hydrogen-bond acceptors (Lipinski definition) is 2. The lowest BCUT2D eigenvalue weighted by molar-refractivity contribution is 0.587. The summed E-state index contributed by atoms with van der Waals surface area (Å²) in [5.41, 5.74) is 5.51. The Bertz CT molecular complexity index is 538. The third kappa shape index (κ3) is 3.78. The fraction of sp³-hybridized carbons (Fsp3) is 0.556. The minimum atomic E-state index is 0.0631. The number of aryl methyl sites for hydroxylation is 1. The van der Waals surface area contributed by atoms with Gasteiger partial charge in [0.05, 0.1) is 11.4 Å². The van der Waals surface area contributed by atoms with Gasteiger partial charge in [0.1, 0.15) is 0 Å². The zero-order chi connectivity index (χ0) is 15.7. The average Bonchev–Trinajstić information content (AvgIpc) is 2.28. The highest BCUT2D eigenvalue weighted by Crippen LogP contribution is 2.37. The molecule has 1 aromatic rings. The Morgan fingerprint density at radius 3 is 2.00 bits per heavy atom. The molecule has 0 radical (unpaired) electrons. The van der Waals surface area contributed by atoms with Gasteiger partial charge in [0.2, 0.25) is 0 Å². The second kappa shape index (κ2) is 5.51. The molecule has 20 heavy (non-hydrogen) atoms. The minimum Gasteiger partial charge on any atom is -0.262 e. The third-order valence-electron chi connectivity index (χ3n) is 3.68. The van der Waals surface area contributed by atoms with Gasteiger partial charge in [-0.25, -0.2) is 0 Å². The molecule has 0 aliphatic rings. The van der Waals surface area contributed by atoms with Crippen LogP contribution in [0.3, 0.4) is 0 Å². The van der Waals surface area contributed by atoms with E-state index in [1.807, 2.05) is 0 Å². The van der Waals surface area contributed by atoms with Gasteiger partial charge in [-0.15, -0.1) is 0 Å². The maximum Gasteiger partial charge on any atom is 0.0914 e. The summed E-state index contributed by atoms with van der Waals surface area (Å²) in [6, 6.07) is 4.32. The second-order valence-electron chi connectivity index (χ2n) is 7.52. The fourth-order valence-electron chi connectivity index (χ4n) is 1.80. The van der Waals surface area contributed by atoms with Crippen LogP contribution in [-0.4, -0.2) is 12.4 Å². The molecule has 110 valence electrons. The quantitative estimate of drug-likeness (QED) is 0.611. The predicted octanol–water partition coefficient (Wildman–Crippen LogP) is 5.76. The molecule has 0 aliphatic heterocycles. The summed E-state index contributed by atoms with van der Waals surface area (Å²) in [7, 11) is 0. The molecular weight excluding hydrogens is 244 g/mol. The monoisotopic (exact) mass is 272 g/mol. The van der Waals surface area contributed by atoms with Crippen molar-refractivity contribution in [3.05, 3.63) is 23.3 Å². The van der Waals surface area contributed by atoms with Crippen molar-refractivity contribution in [2.75, 3.05) is 0 Å². The molecule has 1 rings (SSSR count). The third-order valence-corrected chi connectivity index (χ3v) is 3.68. The first-order valence-electron chi connectivity index (χ1n) is 7.14. The fourth-order valence-corrected chi connectivity index (χ4v) is 1.80. The average molecular weight is 272 g/mol. The smallest absolute Gasteiger partial charge is 0.0914 e. The Morgan fingerprint density at radius 2 is 1.60 bits per heavy atom. The Hall–Kier alpha value is -1.44. The van der Waals surface area contributed by atoms with Crippen molar-refractivity contribution in [3.63, 3.8) is 0 Å². The molecule has 0 unspecified atom stereocenters. The lowest BCUT2D eigenvalue weighted by Crippen LogP contribution is -2.16. The van der Waals surface area contributed by atoms with E-state index in [-0.39, 0.29) is 10.8 Å². The van der Waals surface area contributed by atoms with Crippen LogP contribution < -0.4 is 0 Å². The largest absolute Gasteiger partial charge is 0.262 e. The number of aliphatic imine (C=N–C) groups is 2. The first kappa shape index (κ1) is 16.6. The van der Waals surface area contributed by atoms with Gasteiger partial charge in [-0.2, -0.15) is 0 Å². The van der Waals surface area contributed by atoms with Crippen LogP contribution >= 0.6 is 0 Å². The zero-order valence-electron chi connectivity index (χ0n) is 14.3. The molecule has 0 N–H and O–H groups in total. The molecule has 1 aromatic carbocycles. The van der Waals surface area contributed by atoms with Crippen LogP contribution in [0.5, 0.6) is 0 Å². The highest BCUT2D eigenvalue weighted by atomic mass is 14.8. The molecule has 0 aromatic heterocycles. The van der Waals surface area contributed by atoms with Crippen molar-refractivity contribution in [3.8, 4) is 0 Å². The van der Waals surface area contributed by atoms with Gasteiger partial charge >= 0.3 is 0 Å². The minimum absolute atomic E-state index is 0.0631. The number of rotatable bonds is 2. The van der Waals surface area contributed by atoms with E-state index in [4.69, 9.17) is 4.99 Å². The van der Waals surface area contributed by atoms with Crippen molar-refractivity contribution in [1.29, 1.82) is 0 Å². The van der Waals surface area contributed by atoms with Crippen molar-refractivity contribution in [2.24, 2.45) is 15.4 Å². The predicted molar refractivity (Wildman–Crippen MR) is 91.3 cm³/mol. The van der Waals surface area contributed by atoms with E-state index in [1.54, 1.807) is 0 Å². The first-order chi connectivity index (χ1) is 8.96. The molecule has 0 saturated carbocycles. The van der Waals surface area contributed by atoms with Gasteiger partial charge in [0.25, 0.3) is 0 Å². The van der Waals surface area contributed by atoms with Gasteiger partial charge in [-0.05, 0) is 48.6 Å². The molecule has 2 heteroatoms. The zero-order valence-corrected chi connectivity index (χ0v) is 14.3. The van der Waals surface area contributed by atoms with Crippen molar-refractivity contribution in [2.45, 2.75) is 60.8 Å². The molecular formula is C18H28N2. The molecule has 0 amide bonds. The molecule has 0 aliphatic carbocycles. The van der Waals surface area contributed by atoms with Crippen LogP contribution in [0, 0.1) is 12.3 Å². The lowest BCUT2D eigenvalue weighted by atomic mass is 9.85. The van der Waals surface area contributed by atoms with Gasteiger partial charge < -0.3 is 0 Å². The maximum atomic E-state index is 4.81. The highest BCUT2D eigenvalue weighted by molar-refractivity contribution is 5.91. The summed E-state index contributed by atoms with van der Waals surface area (Å²) >= 11 is 0. The number of benzene rings is 1. The molecule has 2 nitrogen and oxygen atoms in total. The number of nitrogens with zero attached hydrogens (tertiary/aromatic N) is 2. The highest BCUT2D eigenvalue weighted by Gasteiger charge is 2.19. The van der Waals surface area contributed by atoms with Crippen LogP contribution in [0.2, 0.25) is 0 Å². The SMILES string of the molecule is C=Nc1cc(C(C)(C)C)cc(C)c1/N=C(\C)C(C)(C)C. The van der Waals surface area contributed by atoms with Crippen molar-refractivity contribution in [1.82, 2.24) is 0 Å². The summed E-state index contributed by atoms with van der Waals surface area (Å²) in [4.78, 5) is 8.99. The summed E-state index contributed by atoms with van der Waals surface area (Å²) in [6.07, 6.45) is 0. The van der Waals surface area contributed by atoms with Gasteiger partial charge in [0.15, 0.2) is 0 Å². The molecule has 0 bridgehead atoms. The van der Waals surface area contributed by atoms with Crippen LogP contribution in [0.25, 0.3) is 0 Å². The van der Waals surface area contributed by atoms with E-state index < -0.39 is 0 Å². The van der Waals surface area contributed by atoms with Crippen molar-refractivity contribution < 1.29 is 0 Å². The molecule has 0 fully saturated rings. The van der Waals surface area contributed by atoms with E-state index in [0.29, 0.717) is 0 Å². The Labute approximate surface area is 124 Å². The van der Waals surface area contributed by atoms with Crippen LogP contribution in [0.1, 0.15) is 59.6 Å². The second-order valence-corrected chi connectivity index (χ2v) is 7.52. The van der Waals surface area contributed by atoms with Gasteiger partial charge in [0, 0.05) is 5.71 Å². The maximum absolute atomic E-state index is 4.81. The molecule has 0 heterocycles. The Kier molecular flexibility index (Phi) is 4.58. The van der Waals surface area contributed by atoms with E-state index in [2.05, 4.69) is 79.2 Å². The Morgan fingerprint density at radius 1 is 1.05 bits per heavy atom. The standard InChI is InChI=1S/C18H28N2/c1-12-10-14(18(6,7)8)11-15(19-9)16(12)20-13(2)17(3,4)5/h10-11H,9H2,1-8H3/b20-13+. The van der Waals surface area contributed by atoms with Gasteiger partial charge in [-0.1, -0.05) is 47.6 Å². The van der Waals surface area contributed by atoms with E-state index in [9.17, 15) is 0 Å². The summed E-state index contributed by atoms with van der Waals surface area (Å²) < 4.78 is 0. The lowest BCUT2D eigenvalue weighted by Gasteiger charge is -2.22. The van der Waals surface area contributed by atoms with Crippen LogP contribution in [0.15, 0.2) is 22.1 Å². The number of hydrogen-bond donors (Lipinski definition) is 0. The topological polar surface area (TPSA) is 24.7 Å². The summed E-state index contributed by atoms with van der Waals surface area (Å²) in [6.45, 7) is 21.0. The summed E-state index contributed by atoms with van der Waals surface area (Å²) in [5.74, 6) is 0. The van der Waals surface area contributed by atoms with E-state index >= 15 is 0 Å². The Balaban J connectivity index is 3.47. The molecule has 0 atom stereocenters. The normalized spacial score (nSPS) is 13.5.